The fraction of sp³-hybridized carbons (Fsp3) is 0.500. The summed E-state index contributed by atoms with van der Waals surface area (Å²) in [5.74, 6) is -1.39. The van der Waals surface area contributed by atoms with E-state index in [0.717, 1.165) is 11.1 Å². The first kappa shape index (κ1) is 27.2. The summed E-state index contributed by atoms with van der Waals surface area (Å²) in [6.07, 6.45) is 2.29. The maximum Gasteiger partial charge on any atom is 0.310 e. The third-order valence-electron chi connectivity index (χ3n) is 5.48. The van der Waals surface area contributed by atoms with Crippen LogP contribution in [0.2, 0.25) is 0 Å². The monoisotopic (exact) mass is 466 g/mol. The maximum absolute atomic E-state index is 12.8. The number of esters is 2. The Hall–Kier alpha value is -3.02. The average molecular weight is 467 g/mol. The van der Waals surface area contributed by atoms with Crippen molar-refractivity contribution in [2.24, 2.45) is 22.1 Å². The van der Waals surface area contributed by atoms with Crippen molar-refractivity contribution in [1.29, 1.82) is 0 Å². The van der Waals surface area contributed by atoms with Gasteiger partial charge in [0.15, 0.2) is 0 Å². The summed E-state index contributed by atoms with van der Waals surface area (Å²) in [5, 5.41) is 9.44. The van der Waals surface area contributed by atoms with Gasteiger partial charge in [0.25, 0.3) is 0 Å². The van der Waals surface area contributed by atoms with E-state index in [1.165, 1.54) is 0 Å². The van der Waals surface area contributed by atoms with E-state index < -0.39 is 11.4 Å². The fourth-order valence-corrected chi connectivity index (χ4v) is 3.57. The van der Waals surface area contributed by atoms with Gasteiger partial charge < -0.3 is 9.47 Å². The number of carbonyl (C=O) groups excluding carboxylic acids is 2. The molecule has 0 saturated heterocycles. The lowest BCUT2D eigenvalue weighted by molar-refractivity contribution is -0.172. The molecule has 2 rings (SSSR count). The van der Waals surface area contributed by atoms with Crippen LogP contribution in [-0.4, -0.2) is 11.9 Å². The normalized spacial score (nSPS) is 15.2. The van der Waals surface area contributed by atoms with Gasteiger partial charge in [-0.15, -0.1) is 10.2 Å². The Morgan fingerprint density at radius 2 is 1.00 bits per heavy atom. The van der Waals surface area contributed by atoms with E-state index in [1.807, 2.05) is 74.5 Å². The lowest BCUT2D eigenvalue weighted by Crippen LogP contribution is -2.35. The third kappa shape index (κ3) is 6.75. The molecule has 0 bridgehead atoms. The molecule has 2 unspecified atom stereocenters. The number of azo groups is 1. The summed E-state index contributed by atoms with van der Waals surface area (Å²) in [6, 6.07) is 18.9. The molecule has 0 aliphatic heterocycles. The van der Waals surface area contributed by atoms with Crippen molar-refractivity contribution in [3.63, 3.8) is 0 Å². The molecule has 0 heterocycles. The molecule has 0 amide bonds. The van der Waals surface area contributed by atoms with Crippen LogP contribution in [0.3, 0.4) is 0 Å². The van der Waals surface area contributed by atoms with Crippen LogP contribution in [0.15, 0.2) is 70.9 Å². The largest absolute Gasteiger partial charge is 0.431 e. The van der Waals surface area contributed by atoms with Gasteiger partial charge >= 0.3 is 11.9 Å². The smallest absolute Gasteiger partial charge is 0.310 e. The Morgan fingerprint density at radius 3 is 1.26 bits per heavy atom. The van der Waals surface area contributed by atoms with Gasteiger partial charge in [-0.3, -0.25) is 9.59 Å². The molecule has 6 heteroatoms. The molecule has 0 spiro atoms. The summed E-state index contributed by atoms with van der Waals surface area (Å²) in [6.45, 7) is 11.2. The highest BCUT2D eigenvalue weighted by Gasteiger charge is 2.41. The second-order valence-corrected chi connectivity index (χ2v) is 9.15. The number of benzene rings is 2. The second kappa shape index (κ2) is 12.4. The molecule has 2 aromatic carbocycles. The van der Waals surface area contributed by atoms with Crippen LogP contribution in [0.25, 0.3) is 0 Å². The fourth-order valence-electron chi connectivity index (χ4n) is 3.57. The van der Waals surface area contributed by atoms with Crippen LogP contribution in [0.5, 0.6) is 0 Å². The number of hydrogen-bond acceptors (Lipinski definition) is 6. The molecular formula is C28H38N2O4. The zero-order valence-electron chi connectivity index (χ0n) is 21.3. The minimum atomic E-state index is -1.32. The van der Waals surface area contributed by atoms with Crippen LogP contribution in [-0.2, 0) is 30.5 Å². The van der Waals surface area contributed by atoms with Crippen molar-refractivity contribution in [3.05, 3.63) is 71.8 Å². The quantitative estimate of drug-likeness (QED) is 0.246. The van der Waals surface area contributed by atoms with Crippen LogP contribution in [0.1, 0.15) is 78.4 Å². The lowest BCUT2D eigenvalue weighted by Gasteiger charge is -2.33. The highest BCUT2D eigenvalue weighted by atomic mass is 16.6. The van der Waals surface area contributed by atoms with E-state index in [2.05, 4.69) is 0 Å². The number of rotatable bonds is 12. The summed E-state index contributed by atoms with van der Waals surface area (Å²) >= 11 is 0. The van der Waals surface area contributed by atoms with Gasteiger partial charge in [0.05, 0.1) is 11.8 Å². The Balaban J connectivity index is 2.71. The van der Waals surface area contributed by atoms with Crippen LogP contribution < -0.4 is 0 Å². The van der Waals surface area contributed by atoms with Crippen molar-refractivity contribution in [3.8, 4) is 0 Å². The Kier molecular flexibility index (Phi) is 9.97. The first-order valence-electron chi connectivity index (χ1n) is 12.2. The van der Waals surface area contributed by atoms with Crippen LogP contribution >= 0.6 is 0 Å². The van der Waals surface area contributed by atoms with Crippen molar-refractivity contribution in [2.75, 3.05) is 0 Å². The van der Waals surface area contributed by atoms with Crippen molar-refractivity contribution >= 4 is 11.9 Å². The summed E-state index contributed by atoms with van der Waals surface area (Å²) < 4.78 is 12.1. The third-order valence-corrected chi connectivity index (χ3v) is 5.48. The molecule has 2 aromatic rings. The summed E-state index contributed by atoms with van der Waals surface area (Å²) in [5.41, 5.74) is -1.20. The predicted molar refractivity (Wildman–Crippen MR) is 133 cm³/mol. The molecular weight excluding hydrogens is 428 g/mol. The van der Waals surface area contributed by atoms with E-state index in [1.54, 1.807) is 27.7 Å². The average Bonchev–Trinajstić information content (AvgIpc) is 2.83. The highest BCUT2D eigenvalue weighted by Crippen LogP contribution is 2.39. The first-order valence-corrected chi connectivity index (χ1v) is 12.2. The second-order valence-electron chi connectivity index (χ2n) is 9.15. The van der Waals surface area contributed by atoms with Gasteiger partial charge in [0.2, 0.25) is 11.4 Å². The van der Waals surface area contributed by atoms with Crippen LogP contribution in [0.4, 0.5) is 0 Å². The highest BCUT2D eigenvalue weighted by molar-refractivity contribution is 5.72. The van der Waals surface area contributed by atoms with Gasteiger partial charge in [-0.25, -0.2) is 0 Å². The van der Waals surface area contributed by atoms with E-state index in [9.17, 15) is 9.59 Å². The zero-order valence-corrected chi connectivity index (χ0v) is 21.3. The molecule has 0 N–H and O–H groups in total. The number of ether oxygens (including phenoxy) is 2. The Labute approximate surface area is 203 Å². The minimum absolute atomic E-state index is 0.330. The number of carbonyl (C=O) groups is 2. The van der Waals surface area contributed by atoms with E-state index >= 15 is 0 Å². The molecule has 0 saturated carbocycles. The molecule has 2 atom stereocenters. The molecule has 0 aliphatic carbocycles. The van der Waals surface area contributed by atoms with E-state index in [4.69, 9.17) is 19.7 Å². The van der Waals surface area contributed by atoms with Crippen LogP contribution in [0, 0.1) is 11.8 Å². The topological polar surface area (TPSA) is 77.3 Å². The lowest BCUT2D eigenvalue weighted by atomic mass is 9.97. The van der Waals surface area contributed by atoms with Gasteiger partial charge in [-0.05, 0) is 12.8 Å². The molecule has 0 radical (unpaired) electrons. The molecule has 34 heavy (non-hydrogen) atoms. The first-order chi connectivity index (χ1) is 16.2. The molecule has 6 nitrogen and oxygen atoms in total. The van der Waals surface area contributed by atoms with Gasteiger partial charge in [0, 0.05) is 24.0 Å². The molecule has 0 fully saturated rings. The predicted octanol–water partition coefficient (Wildman–Crippen LogP) is 7.14. The Bertz CT molecular complexity index is 866. The van der Waals surface area contributed by atoms with Gasteiger partial charge in [0.1, 0.15) is 0 Å². The molecule has 0 aliphatic rings. The SMILES string of the molecule is CCCC(/N=N/C(CCC)(OC(=O)C(C)C)c1ccccc1)(OC(=O)C(C)C)c1ccccc1. The maximum atomic E-state index is 12.8. The van der Waals surface area contributed by atoms with Gasteiger partial charge in [-0.2, -0.15) is 0 Å². The van der Waals surface area contributed by atoms with Gasteiger partial charge in [-0.1, -0.05) is 102 Å². The Morgan fingerprint density at radius 1 is 0.676 bits per heavy atom. The number of nitrogens with zero attached hydrogens (tertiary/aromatic N) is 2. The standard InChI is InChI=1S/C28H38N2O4/c1-7-19-27(33-25(31)21(3)4,23-15-11-9-12-16-23)29-30-28(20-8-2,34-26(32)22(5)6)24-17-13-10-14-18-24/h9-18,21-22H,7-8,19-20H2,1-6H3/b30-29+. The summed E-state index contributed by atoms with van der Waals surface area (Å²) in [4.78, 5) is 25.6. The minimum Gasteiger partial charge on any atom is -0.431 e. The van der Waals surface area contributed by atoms with Crippen molar-refractivity contribution in [2.45, 2.75) is 78.7 Å². The van der Waals surface area contributed by atoms with Crippen molar-refractivity contribution < 1.29 is 19.1 Å². The zero-order chi connectivity index (χ0) is 25.2. The summed E-state index contributed by atoms with van der Waals surface area (Å²) in [7, 11) is 0. The number of hydrogen-bond donors (Lipinski definition) is 0. The van der Waals surface area contributed by atoms with Crippen molar-refractivity contribution in [1.82, 2.24) is 0 Å². The molecule has 184 valence electrons. The van der Waals surface area contributed by atoms with E-state index in [-0.39, 0.29) is 23.8 Å². The van der Waals surface area contributed by atoms with E-state index in [0.29, 0.717) is 25.7 Å². The molecule has 0 aromatic heterocycles.